The molecule has 3 heteroatoms. The molecule has 0 radical (unpaired) electrons. The van der Waals surface area contributed by atoms with Gasteiger partial charge in [-0.1, -0.05) is 31.5 Å². The molecule has 3 rings (SSSR count). The number of aliphatic hydroxyl groups is 1. The van der Waals surface area contributed by atoms with E-state index in [0.717, 1.165) is 25.7 Å². The van der Waals surface area contributed by atoms with Gasteiger partial charge in [-0.25, -0.2) is 0 Å². The number of piperidine rings is 1. The lowest BCUT2D eigenvalue weighted by Gasteiger charge is -2.46. The highest BCUT2D eigenvalue weighted by Crippen LogP contribution is 2.40. The smallest absolute Gasteiger partial charge is 0.0933 e. The summed E-state index contributed by atoms with van der Waals surface area (Å²) in [6.07, 6.45) is 3.47. The molecule has 2 unspecified atom stereocenters. The number of ether oxygens (including phenoxy) is 1. The summed E-state index contributed by atoms with van der Waals surface area (Å²) in [5, 5.41) is 15.0. The summed E-state index contributed by atoms with van der Waals surface area (Å²) in [6.45, 7) is 7.95. The number of hydrogen-bond acceptors (Lipinski definition) is 3. The maximum atomic E-state index is 11.5. The number of benzene rings is 1. The largest absolute Gasteiger partial charge is 0.385 e. The summed E-state index contributed by atoms with van der Waals surface area (Å²) in [4.78, 5) is 0. The van der Waals surface area contributed by atoms with Crippen molar-refractivity contribution >= 4 is 0 Å². The zero-order chi connectivity index (χ0) is 15.0. The van der Waals surface area contributed by atoms with Crippen LogP contribution in [0.5, 0.6) is 0 Å². The van der Waals surface area contributed by atoms with E-state index < -0.39 is 5.60 Å². The second kappa shape index (κ2) is 5.71. The molecule has 2 saturated heterocycles. The summed E-state index contributed by atoms with van der Waals surface area (Å²) in [5.74, 6) is 0. The summed E-state index contributed by atoms with van der Waals surface area (Å²) in [7, 11) is 0. The molecule has 2 bridgehead atoms. The summed E-state index contributed by atoms with van der Waals surface area (Å²) in [5.41, 5.74) is 4.44. The van der Waals surface area contributed by atoms with Gasteiger partial charge >= 0.3 is 0 Å². The molecular formula is C18H27NO2. The molecule has 2 atom stereocenters. The minimum atomic E-state index is -0.700. The van der Waals surface area contributed by atoms with Crippen molar-refractivity contribution in [3.05, 3.63) is 34.4 Å². The van der Waals surface area contributed by atoms with Crippen molar-refractivity contribution < 1.29 is 9.84 Å². The Morgan fingerprint density at radius 2 is 1.67 bits per heavy atom. The van der Waals surface area contributed by atoms with Crippen LogP contribution in [0.15, 0.2) is 12.1 Å². The maximum Gasteiger partial charge on any atom is 0.0933 e. The molecule has 2 aliphatic rings. The summed E-state index contributed by atoms with van der Waals surface area (Å²) in [6, 6.07) is 5.05. The Hall–Kier alpha value is -0.900. The Morgan fingerprint density at radius 1 is 1.14 bits per heavy atom. The predicted molar refractivity (Wildman–Crippen MR) is 84.6 cm³/mol. The molecule has 0 aliphatic carbocycles. The number of aryl methyl sites for hydroxylation is 3. The van der Waals surface area contributed by atoms with E-state index in [9.17, 15) is 5.11 Å². The highest BCUT2D eigenvalue weighted by molar-refractivity contribution is 5.43. The van der Waals surface area contributed by atoms with E-state index >= 15 is 0 Å². The SMILES string of the molecule is CCc1cc(C)cc(CC)c1C1(O)CC2COCC(C1)N2. The van der Waals surface area contributed by atoms with Crippen LogP contribution in [0.2, 0.25) is 0 Å². The fourth-order valence-electron chi connectivity index (χ4n) is 4.22. The third-order valence-corrected chi connectivity index (χ3v) is 4.95. The Morgan fingerprint density at radius 3 is 2.14 bits per heavy atom. The van der Waals surface area contributed by atoms with Crippen molar-refractivity contribution in [1.29, 1.82) is 0 Å². The van der Waals surface area contributed by atoms with Crippen molar-refractivity contribution in [2.24, 2.45) is 0 Å². The predicted octanol–water partition coefficient (Wildman–Crippen LogP) is 2.46. The molecule has 2 heterocycles. The number of hydrogen-bond donors (Lipinski definition) is 2. The molecule has 1 aromatic rings. The van der Waals surface area contributed by atoms with Crippen molar-refractivity contribution in [3.8, 4) is 0 Å². The molecule has 0 saturated carbocycles. The van der Waals surface area contributed by atoms with E-state index in [-0.39, 0.29) is 12.1 Å². The highest BCUT2D eigenvalue weighted by atomic mass is 16.5. The minimum Gasteiger partial charge on any atom is -0.385 e. The lowest BCUT2D eigenvalue weighted by atomic mass is 9.73. The van der Waals surface area contributed by atoms with Crippen LogP contribution in [0.25, 0.3) is 0 Å². The Labute approximate surface area is 127 Å². The molecule has 2 aliphatic heterocycles. The van der Waals surface area contributed by atoms with Crippen molar-refractivity contribution in [1.82, 2.24) is 5.32 Å². The van der Waals surface area contributed by atoms with Crippen LogP contribution in [0.1, 0.15) is 48.9 Å². The monoisotopic (exact) mass is 289 g/mol. The zero-order valence-electron chi connectivity index (χ0n) is 13.4. The fourth-order valence-corrected chi connectivity index (χ4v) is 4.22. The van der Waals surface area contributed by atoms with E-state index in [1.165, 1.54) is 22.3 Å². The number of nitrogens with one attached hydrogen (secondary N) is 1. The van der Waals surface area contributed by atoms with Crippen LogP contribution >= 0.6 is 0 Å². The third-order valence-electron chi connectivity index (χ3n) is 4.95. The second-order valence-electron chi connectivity index (χ2n) is 6.70. The minimum absolute atomic E-state index is 0.276. The van der Waals surface area contributed by atoms with E-state index in [4.69, 9.17) is 4.74 Å². The average Bonchev–Trinajstić information content (AvgIpc) is 2.45. The fraction of sp³-hybridized carbons (Fsp3) is 0.667. The lowest BCUT2D eigenvalue weighted by Crippen LogP contribution is -2.59. The first-order valence-electron chi connectivity index (χ1n) is 8.24. The van der Waals surface area contributed by atoms with E-state index in [0.29, 0.717) is 13.2 Å². The first-order valence-corrected chi connectivity index (χ1v) is 8.24. The quantitative estimate of drug-likeness (QED) is 0.898. The Kier molecular flexibility index (Phi) is 4.08. The average molecular weight is 289 g/mol. The topological polar surface area (TPSA) is 41.5 Å². The van der Waals surface area contributed by atoms with Gasteiger partial charge in [0.1, 0.15) is 0 Å². The van der Waals surface area contributed by atoms with Crippen molar-refractivity contribution in [2.45, 2.75) is 64.1 Å². The standard InChI is InChI=1S/C18H27NO2/c1-4-13-6-12(3)7-14(5-2)17(13)18(20)8-15-10-21-11-16(9-18)19-15/h6-7,15-16,19-20H,4-5,8-11H2,1-3H3. The molecular weight excluding hydrogens is 262 g/mol. The second-order valence-corrected chi connectivity index (χ2v) is 6.70. The van der Waals surface area contributed by atoms with Crippen molar-refractivity contribution in [3.63, 3.8) is 0 Å². The normalized spacial score (nSPS) is 32.2. The Balaban J connectivity index is 2.05. The molecule has 3 nitrogen and oxygen atoms in total. The van der Waals surface area contributed by atoms with Gasteiger partial charge in [-0.05, 0) is 49.3 Å². The van der Waals surface area contributed by atoms with Gasteiger partial charge in [-0.15, -0.1) is 0 Å². The van der Waals surface area contributed by atoms with E-state index in [1.54, 1.807) is 0 Å². The van der Waals surface area contributed by atoms with Gasteiger partial charge in [0.15, 0.2) is 0 Å². The number of morpholine rings is 1. The molecule has 0 spiro atoms. The summed E-state index contributed by atoms with van der Waals surface area (Å²) < 4.78 is 5.62. The van der Waals surface area contributed by atoms with Gasteiger partial charge in [0.2, 0.25) is 0 Å². The summed E-state index contributed by atoms with van der Waals surface area (Å²) >= 11 is 0. The van der Waals surface area contributed by atoms with Crippen LogP contribution in [-0.4, -0.2) is 30.4 Å². The molecule has 1 aromatic carbocycles. The van der Waals surface area contributed by atoms with E-state index in [2.05, 4.69) is 38.2 Å². The first-order chi connectivity index (χ1) is 10.1. The molecule has 2 N–H and O–H groups in total. The molecule has 0 aromatic heterocycles. The third kappa shape index (κ3) is 2.75. The van der Waals surface area contributed by atoms with Gasteiger partial charge in [0.05, 0.1) is 18.8 Å². The van der Waals surface area contributed by atoms with Gasteiger partial charge in [0.25, 0.3) is 0 Å². The molecule has 0 amide bonds. The molecule has 2 fully saturated rings. The van der Waals surface area contributed by atoms with Crippen molar-refractivity contribution in [2.75, 3.05) is 13.2 Å². The highest BCUT2D eigenvalue weighted by Gasteiger charge is 2.44. The van der Waals surface area contributed by atoms with Gasteiger partial charge in [-0.3, -0.25) is 0 Å². The molecule has 21 heavy (non-hydrogen) atoms. The van der Waals surface area contributed by atoms with Gasteiger partial charge in [0, 0.05) is 12.1 Å². The van der Waals surface area contributed by atoms with Gasteiger partial charge in [-0.2, -0.15) is 0 Å². The van der Waals surface area contributed by atoms with Crippen LogP contribution < -0.4 is 5.32 Å². The van der Waals surface area contributed by atoms with Crippen LogP contribution in [0.3, 0.4) is 0 Å². The number of rotatable bonds is 3. The first kappa shape index (κ1) is 15.0. The van der Waals surface area contributed by atoms with Crippen LogP contribution in [0, 0.1) is 6.92 Å². The van der Waals surface area contributed by atoms with E-state index in [1.807, 2.05) is 0 Å². The van der Waals surface area contributed by atoms with Crippen LogP contribution in [-0.2, 0) is 23.2 Å². The van der Waals surface area contributed by atoms with Crippen LogP contribution in [0.4, 0.5) is 0 Å². The Bertz CT molecular complexity index is 489. The lowest BCUT2D eigenvalue weighted by molar-refractivity contribution is -0.0809. The number of fused-ring (bicyclic) bond motifs is 2. The zero-order valence-corrected chi connectivity index (χ0v) is 13.4. The maximum absolute atomic E-state index is 11.5. The molecule has 116 valence electrons. The van der Waals surface area contributed by atoms with Gasteiger partial charge < -0.3 is 15.2 Å².